The Kier molecular flexibility index (Phi) is 14.5. The van der Waals surface area contributed by atoms with Gasteiger partial charge in [-0.2, -0.15) is 0 Å². The molecule has 11 nitrogen and oxygen atoms in total. The Balaban J connectivity index is 1.61. The highest BCUT2D eigenvalue weighted by molar-refractivity contribution is 7.89. The molecule has 0 fully saturated rings. The number of benzene rings is 2. The Bertz CT molecular complexity index is 1860. The molecule has 0 radical (unpaired) electrons. The van der Waals surface area contributed by atoms with E-state index in [1.54, 1.807) is 0 Å². The van der Waals surface area contributed by atoms with Gasteiger partial charge in [-0.15, -0.1) is 0 Å². The van der Waals surface area contributed by atoms with Gasteiger partial charge in [0.1, 0.15) is 11.3 Å². The number of sulfonamides is 1. The quantitative estimate of drug-likeness (QED) is 0.0379. The predicted octanol–water partition coefficient (Wildman–Crippen LogP) is 7.65. The Morgan fingerprint density at radius 2 is 1.51 bits per heavy atom. The normalized spacial score (nSPS) is 13.8. The fraction of sp³-hybridized carbons (Fsp3) is 0.585. The zero-order valence-corrected chi connectivity index (χ0v) is 33.6. The highest BCUT2D eigenvalue weighted by Crippen LogP contribution is 2.42. The van der Waals surface area contributed by atoms with Crippen molar-refractivity contribution < 1.29 is 41.4 Å². The fourth-order valence-electron chi connectivity index (χ4n) is 6.53. The van der Waals surface area contributed by atoms with Crippen LogP contribution in [0.4, 0.5) is 0 Å². The molecule has 53 heavy (non-hydrogen) atoms. The molecule has 0 amide bonds. The number of unbranched alkanes of at least 4 members (excludes halogenated alkanes) is 3. The summed E-state index contributed by atoms with van der Waals surface area (Å²) in [6.45, 7) is 20.8. The molecule has 3 aromatic rings. The van der Waals surface area contributed by atoms with Gasteiger partial charge in [0.15, 0.2) is 10.7 Å². The smallest absolute Gasteiger partial charge is 0.424 e. The van der Waals surface area contributed by atoms with Gasteiger partial charge in [-0.25, -0.2) is 22.7 Å². The first-order valence-electron chi connectivity index (χ1n) is 19.0. The van der Waals surface area contributed by atoms with Gasteiger partial charge in [-0.05, 0) is 85.5 Å². The lowest BCUT2D eigenvalue weighted by molar-refractivity contribution is -0.157. The molecule has 4 rings (SSSR count). The lowest BCUT2D eigenvalue weighted by atomic mass is 9.74. The molecule has 0 spiro atoms. The summed E-state index contributed by atoms with van der Waals surface area (Å²) in [5.41, 5.74) is 2.59. The second-order valence-corrected chi connectivity index (χ2v) is 17.3. The van der Waals surface area contributed by atoms with Crippen LogP contribution in [0.15, 0.2) is 39.6 Å². The number of rotatable bonds is 21. The summed E-state index contributed by atoms with van der Waals surface area (Å²) in [5.74, 6) is -4.01. The number of esters is 2. The number of nitrogens with one attached hydrogen (secondary N) is 1. The van der Waals surface area contributed by atoms with Gasteiger partial charge in [0.25, 0.3) is 0 Å². The summed E-state index contributed by atoms with van der Waals surface area (Å²) in [7, 11) is -4.53. The molecule has 12 heteroatoms. The highest BCUT2D eigenvalue weighted by Gasteiger charge is 2.37. The van der Waals surface area contributed by atoms with Crippen LogP contribution in [0.5, 0.6) is 11.7 Å². The van der Waals surface area contributed by atoms with E-state index < -0.39 is 50.5 Å². The van der Waals surface area contributed by atoms with Crippen LogP contribution in [0.3, 0.4) is 0 Å². The van der Waals surface area contributed by atoms with Crippen molar-refractivity contribution in [2.24, 2.45) is 0 Å². The average Bonchev–Trinajstić information content (AvgIpc) is 3.49. The molecule has 0 unspecified atom stereocenters. The summed E-state index contributed by atoms with van der Waals surface area (Å²) in [6.07, 6.45) is 8.07. The van der Waals surface area contributed by atoms with E-state index in [9.17, 15) is 22.8 Å². The summed E-state index contributed by atoms with van der Waals surface area (Å²) in [4.78, 5) is 40.6. The number of hydrogen-bond acceptors (Lipinski definition) is 10. The SMILES string of the molecule is CCCCc1c(C(=O)CNS(=O)(=O)c2c3oc4cccc(c24)OC(=O)C(=O)O3)cc(C(C)(C)C)cc1C(C)(C)COCCCN(CCCC)CCCC. The largest absolute Gasteiger partial charge is 0.425 e. The lowest BCUT2D eigenvalue weighted by Gasteiger charge is -2.32. The van der Waals surface area contributed by atoms with E-state index in [1.165, 1.54) is 43.9 Å². The Morgan fingerprint density at radius 3 is 2.15 bits per heavy atom. The van der Waals surface area contributed by atoms with Gasteiger partial charge in [0.05, 0.1) is 18.5 Å². The minimum atomic E-state index is -4.53. The topological polar surface area (TPSA) is 141 Å². The van der Waals surface area contributed by atoms with Crippen molar-refractivity contribution >= 4 is 38.7 Å². The minimum absolute atomic E-state index is 0.0332. The van der Waals surface area contributed by atoms with Crippen LogP contribution < -0.4 is 14.2 Å². The lowest BCUT2D eigenvalue weighted by Crippen LogP contribution is -2.33. The Labute approximate surface area is 315 Å². The van der Waals surface area contributed by atoms with Crippen LogP contribution in [0.25, 0.3) is 11.0 Å². The van der Waals surface area contributed by atoms with Crippen LogP contribution in [0.1, 0.15) is 127 Å². The molecule has 292 valence electrons. The Morgan fingerprint density at radius 1 is 0.868 bits per heavy atom. The number of hydrogen-bond donors (Lipinski definition) is 1. The van der Waals surface area contributed by atoms with Crippen LogP contribution in [0.2, 0.25) is 0 Å². The van der Waals surface area contributed by atoms with E-state index in [-0.39, 0.29) is 22.1 Å². The van der Waals surface area contributed by atoms with Gasteiger partial charge in [0, 0.05) is 24.1 Å². The third-order valence-electron chi connectivity index (χ3n) is 9.66. The second-order valence-electron chi connectivity index (χ2n) is 15.6. The maximum absolute atomic E-state index is 14.2. The second kappa shape index (κ2) is 18.2. The third kappa shape index (κ3) is 10.6. The van der Waals surface area contributed by atoms with Gasteiger partial charge in [-0.3, -0.25) is 4.79 Å². The molecule has 1 aromatic heterocycles. The van der Waals surface area contributed by atoms with Gasteiger partial charge in [-0.1, -0.05) is 86.8 Å². The molecule has 2 aromatic carbocycles. The number of ether oxygens (including phenoxy) is 3. The molecule has 0 atom stereocenters. The molecule has 0 saturated heterocycles. The first kappa shape index (κ1) is 42.2. The van der Waals surface area contributed by atoms with Crippen molar-refractivity contribution in [1.82, 2.24) is 9.62 Å². The number of furan rings is 1. The van der Waals surface area contributed by atoms with Crippen LogP contribution in [0, 0.1) is 0 Å². The number of ketones is 1. The number of fused-ring (bicyclic) bond motifs is 1. The molecule has 2 bridgehead atoms. The number of Topliss-reactive ketones (excluding diaryl/α,β-unsaturated/α-hetero) is 1. The van der Waals surface area contributed by atoms with Crippen LogP contribution in [-0.4, -0.2) is 70.4 Å². The van der Waals surface area contributed by atoms with Gasteiger partial charge < -0.3 is 23.5 Å². The monoisotopic (exact) mass is 754 g/mol. The summed E-state index contributed by atoms with van der Waals surface area (Å²) < 4.78 is 52.1. The molecular formula is C41H58N2O9S. The number of carbonyl (C=O) groups is 3. The maximum Gasteiger partial charge on any atom is 0.425 e. The van der Waals surface area contributed by atoms with E-state index >= 15 is 0 Å². The van der Waals surface area contributed by atoms with E-state index in [0.29, 0.717) is 25.2 Å². The Hall–Kier alpha value is -3.58. The maximum atomic E-state index is 14.2. The van der Waals surface area contributed by atoms with E-state index in [2.05, 4.69) is 71.1 Å². The number of nitrogens with zero attached hydrogens (tertiary/aromatic N) is 1. The van der Waals surface area contributed by atoms with Crippen molar-refractivity contribution in [3.8, 4) is 11.7 Å². The van der Waals surface area contributed by atoms with E-state index in [0.717, 1.165) is 55.6 Å². The van der Waals surface area contributed by atoms with Crippen molar-refractivity contribution in [1.29, 1.82) is 0 Å². The third-order valence-corrected chi connectivity index (χ3v) is 11.1. The first-order valence-corrected chi connectivity index (χ1v) is 20.5. The zero-order valence-electron chi connectivity index (χ0n) is 32.8. The van der Waals surface area contributed by atoms with Crippen molar-refractivity contribution in [3.63, 3.8) is 0 Å². The first-order chi connectivity index (χ1) is 25.0. The van der Waals surface area contributed by atoms with Gasteiger partial charge in [0.2, 0.25) is 10.0 Å². The predicted molar refractivity (Wildman–Crippen MR) is 205 cm³/mol. The summed E-state index contributed by atoms with van der Waals surface area (Å²) in [5, 5.41) is -0.0691. The molecule has 2 heterocycles. The van der Waals surface area contributed by atoms with Gasteiger partial charge >= 0.3 is 17.9 Å². The summed E-state index contributed by atoms with van der Waals surface area (Å²) >= 11 is 0. The molecule has 1 N–H and O–H groups in total. The zero-order chi connectivity index (χ0) is 39.0. The molecule has 1 aliphatic rings. The highest BCUT2D eigenvalue weighted by atomic mass is 32.2. The average molecular weight is 755 g/mol. The number of carbonyl (C=O) groups excluding carboxylic acids is 3. The molecule has 0 aliphatic carbocycles. The van der Waals surface area contributed by atoms with E-state index in [1.807, 2.05) is 6.07 Å². The molecule has 0 saturated carbocycles. The van der Waals surface area contributed by atoms with E-state index in [4.69, 9.17) is 18.6 Å². The molecular weight excluding hydrogens is 697 g/mol. The minimum Gasteiger partial charge on any atom is -0.424 e. The fourth-order valence-corrected chi connectivity index (χ4v) is 7.77. The standard InChI is InChI=1S/C41H58N2O9S/c1-9-12-17-29-30(32(44)26-42-53(47,48)36-35-33-18-15-19-34(35)51-39(36)52-38(46)37(45)50-33)24-28(40(4,5)6)25-31(29)41(7,8)27-49-23-16-22-43(20-13-10-2)21-14-11-3/h15,18-19,24-25,42H,9-14,16-17,20-23,26-27H2,1-8H3. The van der Waals surface area contributed by atoms with Crippen LogP contribution >= 0.6 is 0 Å². The molecule has 1 aliphatic heterocycles. The van der Waals surface area contributed by atoms with Crippen molar-refractivity contribution in [3.05, 3.63) is 52.6 Å². The summed E-state index contributed by atoms with van der Waals surface area (Å²) in [6, 6.07) is 8.37. The van der Waals surface area contributed by atoms with Crippen LogP contribution in [-0.2, 0) is 41.6 Å². The van der Waals surface area contributed by atoms with Crippen molar-refractivity contribution in [2.45, 2.75) is 122 Å². The van der Waals surface area contributed by atoms with Crippen molar-refractivity contribution in [2.75, 3.05) is 39.4 Å².